The number of hydrogen-bond acceptors (Lipinski definition) is 4. The molecule has 0 radical (unpaired) electrons. The Bertz CT molecular complexity index is 642. The second-order valence-electron chi connectivity index (χ2n) is 6.61. The predicted octanol–water partition coefficient (Wildman–Crippen LogP) is 2.53. The highest BCUT2D eigenvalue weighted by atomic mass is 19.3. The van der Waals surface area contributed by atoms with Gasteiger partial charge in [-0.05, 0) is 31.4 Å². The summed E-state index contributed by atoms with van der Waals surface area (Å²) in [4.78, 5) is 27.0. The molecule has 1 aromatic carbocycles. The van der Waals surface area contributed by atoms with Crippen LogP contribution in [-0.4, -0.2) is 48.5 Å². The Morgan fingerprint density at radius 1 is 1.37 bits per heavy atom. The van der Waals surface area contributed by atoms with Crippen molar-refractivity contribution in [2.75, 3.05) is 13.1 Å². The highest BCUT2D eigenvalue weighted by Crippen LogP contribution is 2.26. The summed E-state index contributed by atoms with van der Waals surface area (Å²) in [6.07, 6.45) is 3.93. The fourth-order valence-corrected chi connectivity index (χ4v) is 3.28. The van der Waals surface area contributed by atoms with Gasteiger partial charge in [-0.2, -0.15) is 8.78 Å². The topological polar surface area (TPSA) is 84.7 Å². The van der Waals surface area contributed by atoms with Crippen LogP contribution < -0.4 is 15.8 Å². The molecule has 1 aromatic rings. The number of likely N-dealkylation sites (tertiary alicyclic amines) is 1. The Labute approximate surface area is 158 Å². The number of benzene rings is 1. The molecular weight excluding hydrogens is 356 g/mol. The van der Waals surface area contributed by atoms with E-state index < -0.39 is 18.6 Å². The third kappa shape index (κ3) is 5.63. The zero-order chi connectivity index (χ0) is 19.8. The number of alkyl halides is 2. The molecule has 2 amide bonds. The van der Waals surface area contributed by atoms with E-state index >= 15 is 0 Å². The normalized spacial score (nSPS) is 17.8. The molecule has 6 nitrogen and oxygen atoms in total. The summed E-state index contributed by atoms with van der Waals surface area (Å²) in [5.74, 6) is -0.923. The minimum atomic E-state index is -3.03. The summed E-state index contributed by atoms with van der Waals surface area (Å²) in [5.41, 5.74) is 5.76. The Balaban J connectivity index is 2.11. The number of hydrogen-bond donors (Lipinski definition) is 2. The van der Waals surface area contributed by atoms with Crippen molar-refractivity contribution in [1.82, 2.24) is 10.2 Å². The van der Waals surface area contributed by atoms with Crippen molar-refractivity contribution >= 4 is 11.8 Å². The minimum Gasteiger partial charge on any atom is -0.434 e. The van der Waals surface area contributed by atoms with Gasteiger partial charge >= 0.3 is 6.61 Å². The number of nitrogens with two attached hydrogens (primary N) is 1. The van der Waals surface area contributed by atoms with Crippen molar-refractivity contribution in [3.05, 3.63) is 29.8 Å². The van der Waals surface area contributed by atoms with Crippen molar-refractivity contribution in [1.29, 1.82) is 0 Å². The number of rotatable bonds is 9. The first-order valence-electron chi connectivity index (χ1n) is 9.33. The summed E-state index contributed by atoms with van der Waals surface area (Å²) < 4.78 is 29.7. The van der Waals surface area contributed by atoms with Crippen molar-refractivity contribution in [3.63, 3.8) is 0 Å². The van der Waals surface area contributed by atoms with Gasteiger partial charge < -0.3 is 20.7 Å². The van der Waals surface area contributed by atoms with E-state index in [2.05, 4.69) is 17.0 Å². The second kappa shape index (κ2) is 10.2. The molecule has 2 rings (SSSR count). The Morgan fingerprint density at radius 3 is 2.78 bits per heavy atom. The number of ether oxygens (including phenoxy) is 1. The van der Waals surface area contributed by atoms with E-state index in [1.165, 1.54) is 23.1 Å². The average molecular weight is 383 g/mol. The largest absolute Gasteiger partial charge is 0.434 e. The molecule has 150 valence electrons. The maximum Gasteiger partial charge on any atom is 0.387 e. The molecule has 0 aromatic heterocycles. The van der Waals surface area contributed by atoms with E-state index in [-0.39, 0.29) is 23.3 Å². The zero-order valence-electron chi connectivity index (χ0n) is 15.5. The van der Waals surface area contributed by atoms with Gasteiger partial charge in [0, 0.05) is 19.1 Å². The lowest BCUT2D eigenvalue weighted by Gasteiger charge is -2.27. The fraction of sp³-hybridized carbons (Fsp3) is 0.579. The molecule has 0 spiro atoms. The molecule has 0 saturated carbocycles. The summed E-state index contributed by atoms with van der Waals surface area (Å²) in [5, 5.41) is 2.92. The standard InChI is InChI=1S/C19H27F2N3O3/c1-2-3-7-13(12-22)23-17(25)15-9-6-11-24(15)18(26)14-8-4-5-10-16(14)27-19(20)21/h4-5,8,10,13,15,19H,2-3,6-7,9,11-12,22H2,1H3,(H,23,25). The molecule has 8 heteroatoms. The van der Waals surface area contributed by atoms with Crippen LogP contribution in [0.25, 0.3) is 0 Å². The highest BCUT2D eigenvalue weighted by Gasteiger charge is 2.36. The lowest BCUT2D eigenvalue weighted by atomic mass is 10.1. The molecule has 1 aliphatic heterocycles. The Hall–Kier alpha value is -2.22. The maximum atomic E-state index is 12.9. The van der Waals surface area contributed by atoms with Crippen molar-refractivity contribution in [3.8, 4) is 5.75 Å². The van der Waals surface area contributed by atoms with E-state index in [0.29, 0.717) is 25.9 Å². The van der Waals surface area contributed by atoms with E-state index in [0.717, 1.165) is 19.3 Å². The van der Waals surface area contributed by atoms with Crippen LogP contribution >= 0.6 is 0 Å². The van der Waals surface area contributed by atoms with Crippen LogP contribution in [0.2, 0.25) is 0 Å². The molecule has 3 N–H and O–H groups in total. The van der Waals surface area contributed by atoms with E-state index in [1.807, 2.05) is 0 Å². The number of unbranched alkanes of at least 4 members (excludes halogenated alkanes) is 1. The number of nitrogens with zero attached hydrogens (tertiary/aromatic N) is 1. The van der Waals surface area contributed by atoms with Crippen LogP contribution in [0.1, 0.15) is 49.4 Å². The second-order valence-corrected chi connectivity index (χ2v) is 6.61. The van der Waals surface area contributed by atoms with Crippen molar-refractivity contribution < 1.29 is 23.1 Å². The lowest BCUT2D eigenvalue weighted by molar-refractivity contribution is -0.125. The minimum absolute atomic E-state index is 0.0267. The number of carbonyl (C=O) groups excluding carboxylic acids is 2. The van der Waals surface area contributed by atoms with Gasteiger partial charge in [-0.1, -0.05) is 31.9 Å². The number of halogens is 2. The maximum absolute atomic E-state index is 12.9. The van der Waals surface area contributed by atoms with Gasteiger partial charge in [0.05, 0.1) is 5.56 Å². The zero-order valence-corrected chi connectivity index (χ0v) is 15.5. The predicted molar refractivity (Wildman–Crippen MR) is 97.6 cm³/mol. The van der Waals surface area contributed by atoms with Crippen LogP contribution in [0.15, 0.2) is 24.3 Å². The molecule has 27 heavy (non-hydrogen) atoms. The van der Waals surface area contributed by atoms with Crippen molar-refractivity contribution in [2.24, 2.45) is 5.73 Å². The fourth-order valence-electron chi connectivity index (χ4n) is 3.28. The van der Waals surface area contributed by atoms with Gasteiger partial charge in [-0.15, -0.1) is 0 Å². The molecular formula is C19H27F2N3O3. The SMILES string of the molecule is CCCCC(CN)NC(=O)C1CCCN1C(=O)c1ccccc1OC(F)F. The monoisotopic (exact) mass is 383 g/mol. The molecule has 1 aliphatic rings. The molecule has 1 heterocycles. The molecule has 1 fully saturated rings. The van der Waals surface area contributed by atoms with E-state index in [1.54, 1.807) is 6.07 Å². The van der Waals surface area contributed by atoms with Crippen LogP contribution in [0.3, 0.4) is 0 Å². The lowest BCUT2D eigenvalue weighted by Crippen LogP contribution is -2.50. The summed E-state index contributed by atoms with van der Waals surface area (Å²) in [6, 6.07) is 5.07. The number of amides is 2. The first-order valence-corrected chi connectivity index (χ1v) is 9.33. The first kappa shape index (κ1) is 21.1. The molecule has 2 unspecified atom stereocenters. The number of carbonyl (C=O) groups is 2. The van der Waals surface area contributed by atoms with Gasteiger partial charge in [0.15, 0.2) is 0 Å². The quantitative estimate of drug-likeness (QED) is 0.686. The summed E-state index contributed by atoms with van der Waals surface area (Å²) in [6.45, 7) is -0.244. The third-order valence-corrected chi connectivity index (χ3v) is 4.69. The van der Waals surface area contributed by atoms with E-state index in [9.17, 15) is 18.4 Å². The number of nitrogens with one attached hydrogen (secondary N) is 1. The van der Waals surface area contributed by atoms with Gasteiger partial charge in [-0.3, -0.25) is 9.59 Å². The van der Waals surface area contributed by atoms with E-state index in [4.69, 9.17) is 5.73 Å². The molecule has 0 aliphatic carbocycles. The smallest absolute Gasteiger partial charge is 0.387 e. The molecule has 1 saturated heterocycles. The van der Waals surface area contributed by atoms with Gasteiger partial charge in [0.2, 0.25) is 5.91 Å². The van der Waals surface area contributed by atoms with Crippen LogP contribution in [-0.2, 0) is 4.79 Å². The van der Waals surface area contributed by atoms with Crippen LogP contribution in [0, 0.1) is 0 Å². The average Bonchev–Trinajstić information content (AvgIpc) is 3.14. The van der Waals surface area contributed by atoms with Gasteiger partial charge in [0.25, 0.3) is 5.91 Å². The summed E-state index contributed by atoms with van der Waals surface area (Å²) >= 11 is 0. The van der Waals surface area contributed by atoms with Crippen LogP contribution in [0.4, 0.5) is 8.78 Å². The molecule has 2 atom stereocenters. The van der Waals surface area contributed by atoms with Crippen LogP contribution in [0.5, 0.6) is 5.75 Å². The number of para-hydroxylation sites is 1. The van der Waals surface area contributed by atoms with Gasteiger partial charge in [0.1, 0.15) is 11.8 Å². The Morgan fingerprint density at radius 2 is 2.11 bits per heavy atom. The van der Waals surface area contributed by atoms with Crippen molar-refractivity contribution in [2.45, 2.75) is 57.7 Å². The first-order chi connectivity index (χ1) is 13.0. The molecule has 0 bridgehead atoms. The highest BCUT2D eigenvalue weighted by molar-refractivity contribution is 6.00. The Kier molecular flexibility index (Phi) is 7.97. The summed E-state index contributed by atoms with van der Waals surface area (Å²) in [7, 11) is 0. The van der Waals surface area contributed by atoms with Gasteiger partial charge in [-0.25, -0.2) is 0 Å². The third-order valence-electron chi connectivity index (χ3n) is 4.69.